The number of benzene rings is 1. The fourth-order valence-corrected chi connectivity index (χ4v) is 2.16. The van der Waals surface area contributed by atoms with Crippen molar-refractivity contribution in [3.63, 3.8) is 0 Å². The topological polar surface area (TPSA) is 58.6 Å². The van der Waals surface area contributed by atoms with E-state index in [0.717, 1.165) is 19.3 Å². The number of likely N-dealkylation sites (N-methyl/N-ethyl adjacent to an activating group) is 1. The van der Waals surface area contributed by atoms with Gasteiger partial charge < -0.3 is 15.0 Å². The summed E-state index contributed by atoms with van der Waals surface area (Å²) in [6.45, 7) is 0.0759. The molecule has 1 aliphatic rings. The third-order valence-corrected chi connectivity index (χ3v) is 3.56. The molecule has 0 unspecified atom stereocenters. The zero-order valence-corrected chi connectivity index (χ0v) is 11.9. The molecule has 0 saturated heterocycles. The predicted octanol–water partition coefficient (Wildman–Crippen LogP) is 1.89. The van der Waals surface area contributed by atoms with Gasteiger partial charge in [-0.05, 0) is 25.0 Å². The first-order valence-corrected chi connectivity index (χ1v) is 6.79. The highest BCUT2D eigenvalue weighted by Crippen LogP contribution is 2.27. The smallest absolute Gasteiger partial charge is 0.243 e. The average molecular weight is 276 g/mol. The van der Waals surface area contributed by atoms with Crippen LogP contribution in [0.5, 0.6) is 5.75 Å². The lowest BCUT2D eigenvalue weighted by atomic mass is 9.84. The van der Waals surface area contributed by atoms with Gasteiger partial charge >= 0.3 is 0 Å². The van der Waals surface area contributed by atoms with E-state index in [1.807, 2.05) is 6.07 Å². The summed E-state index contributed by atoms with van der Waals surface area (Å²) < 4.78 is 5.09. The van der Waals surface area contributed by atoms with Crippen LogP contribution >= 0.6 is 0 Å². The van der Waals surface area contributed by atoms with Crippen LogP contribution in [0.15, 0.2) is 24.3 Å². The number of hydrogen-bond donors (Lipinski definition) is 1. The van der Waals surface area contributed by atoms with Crippen LogP contribution in [-0.2, 0) is 9.59 Å². The highest BCUT2D eigenvalue weighted by molar-refractivity contribution is 5.94. The quantitative estimate of drug-likeness (QED) is 0.893. The standard InChI is InChI=1S/C15H20N2O3/c1-17(15(19)11-5-3-6-11)10-14(18)16-12-7-4-8-13(9-12)20-2/h4,7-9,11H,3,5-6,10H2,1-2H3,(H,16,18). The molecule has 1 aliphatic carbocycles. The Labute approximate surface area is 118 Å². The molecule has 0 bridgehead atoms. The first-order valence-electron chi connectivity index (χ1n) is 6.79. The van der Waals surface area contributed by atoms with Crippen molar-refractivity contribution in [2.24, 2.45) is 5.92 Å². The third-order valence-electron chi connectivity index (χ3n) is 3.56. The van der Waals surface area contributed by atoms with Crippen LogP contribution in [0.3, 0.4) is 0 Å². The minimum absolute atomic E-state index is 0.0667. The van der Waals surface area contributed by atoms with Crippen LogP contribution in [0.1, 0.15) is 19.3 Å². The minimum Gasteiger partial charge on any atom is -0.497 e. The summed E-state index contributed by atoms with van der Waals surface area (Å²) in [7, 11) is 3.25. The largest absolute Gasteiger partial charge is 0.497 e. The molecule has 1 saturated carbocycles. The van der Waals surface area contributed by atoms with Crippen LogP contribution in [0.25, 0.3) is 0 Å². The maximum absolute atomic E-state index is 11.9. The lowest BCUT2D eigenvalue weighted by Crippen LogP contribution is -2.40. The van der Waals surface area contributed by atoms with E-state index < -0.39 is 0 Å². The molecule has 0 heterocycles. The predicted molar refractivity (Wildman–Crippen MR) is 76.6 cm³/mol. The van der Waals surface area contributed by atoms with Gasteiger partial charge in [-0.25, -0.2) is 0 Å². The average Bonchev–Trinajstić information content (AvgIpc) is 2.36. The van der Waals surface area contributed by atoms with E-state index in [0.29, 0.717) is 11.4 Å². The van der Waals surface area contributed by atoms with Crippen molar-refractivity contribution in [3.05, 3.63) is 24.3 Å². The number of nitrogens with one attached hydrogen (secondary N) is 1. The van der Waals surface area contributed by atoms with Crippen LogP contribution in [-0.4, -0.2) is 37.4 Å². The first-order chi connectivity index (χ1) is 9.60. The Morgan fingerprint density at radius 3 is 2.75 bits per heavy atom. The molecule has 20 heavy (non-hydrogen) atoms. The Morgan fingerprint density at radius 2 is 2.15 bits per heavy atom. The molecule has 0 spiro atoms. The monoisotopic (exact) mass is 276 g/mol. The molecule has 5 heteroatoms. The SMILES string of the molecule is COc1cccc(NC(=O)CN(C)C(=O)C2CCC2)c1. The molecule has 5 nitrogen and oxygen atoms in total. The highest BCUT2D eigenvalue weighted by Gasteiger charge is 2.28. The lowest BCUT2D eigenvalue weighted by molar-refractivity contribution is -0.139. The molecular weight excluding hydrogens is 256 g/mol. The first kappa shape index (κ1) is 14.4. The van der Waals surface area contributed by atoms with Crippen LogP contribution < -0.4 is 10.1 Å². The molecule has 1 N–H and O–H groups in total. The van der Waals surface area contributed by atoms with E-state index in [4.69, 9.17) is 4.74 Å². The Bertz CT molecular complexity index is 498. The lowest BCUT2D eigenvalue weighted by Gasteiger charge is -2.28. The van der Waals surface area contributed by atoms with Gasteiger partial charge in [0, 0.05) is 24.7 Å². The summed E-state index contributed by atoms with van der Waals surface area (Å²) in [5, 5.41) is 2.76. The zero-order chi connectivity index (χ0) is 14.5. The number of ether oxygens (including phenoxy) is 1. The Morgan fingerprint density at radius 1 is 1.40 bits per heavy atom. The molecule has 0 radical (unpaired) electrons. The number of rotatable bonds is 5. The van der Waals surface area contributed by atoms with Crippen molar-refractivity contribution >= 4 is 17.5 Å². The molecule has 0 aliphatic heterocycles. The molecule has 1 aromatic carbocycles. The van der Waals surface area contributed by atoms with E-state index in [2.05, 4.69) is 5.32 Å². The van der Waals surface area contributed by atoms with Crippen LogP contribution in [0.2, 0.25) is 0 Å². The minimum atomic E-state index is -0.201. The van der Waals surface area contributed by atoms with Crippen molar-refractivity contribution in [3.8, 4) is 5.75 Å². The van der Waals surface area contributed by atoms with Gasteiger partial charge in [-0.2, -0.15) is 0 Å². The van der Waals surface area contributed by atoms with E-state index in [1.54, 1.807) is 32.4 Å². The molecule has 0 aromatic heterocycles. The van der Waals surface area contributed by atoms with Gasteiger partial charge in [-0.3, -0.25) is 9.59 Å². The highest BCUT2D eigenvalue weighted by atomic mass is 16.5. The Balaban J connectivity index is 1.86. The molecule has 1 aromatic rings. The van der Waals surface area contributed by atoms with E-state index in [9.17, 15) is 9.59 Å². The summed E-state index contributed by atoms with van der Waals surface area (Å²) in [5.74, 6) is 0.664. The molecule has 0 atom stereocenters. The number of amides is 2. The normalized spacial score (nSPS) is 14.3. The van der Waals surface area contributed by atoms with E-state index >= 15 is 0 Å². The molecule has 108 valence electrons. The van der Waals surface area contributed by atoms with E-state index in [-0.39, 0.29) is 24.3 Å². The van der Waals surface area contributed by atoms with Gasteiger partial charge in [0.2, 0.25) is 11.8 Å². The second-order valence-electron chi connectivity index (χ2n) is 5.10. The van der Waals surface area contributed by atoms with Crippen molar-refractivity contribution < 1.29 is 14.3 Å². The molecule has 1 fully saturated rings. The van der Waals surface area contributed by atoms with Crippen LogP contribution in [0, 0.1) is 5.92 Å². The number of carbonyl (C=O) groups is 2. The van der Waals surface area contributed by atoms with Gasteiger partial charge in [-0.15, -0.1) is 0 Å². The van der Waals surface area contributed by atoms with Crippen molar-refractivity contribution in [1.29, 1.82) is 0 Å². The Kier molecular flexibility index (Phi) is 4.61. The van der Waals surface area contributed by atoms with Gasteiger partial charge in [0.05, 0.1) is 13.7 Å². The third kappa shape index (κ3) is 3.50. The zero-order valence-electron chi connectivity index (χ0n) is 11.9. The van der Waals surface area contributed by atoms with Crippen LogP contribution in [0.4, 0.5) is 5.69 Å². The van der Waals surface area contributed by atoms with Crippen molar-refractivity contribution in [1.82, 2.24) is 4.90 Å². The number of nitrogens with zero attached hydrogens (tertiary/aromatic N) is 1. The summed E-state index contributed by atoms with van der Waals surface area (Å²) >= 11 is 0. The second kappa shape index (κ2) is 6.41. The van der Waals surface area contributed by atoms with Crippen molar-refractivity contribution in [2.45, 2.75) is 19.3 Å². The van der Waals surface area contributed by atoms with Gasteiger partial charge in [-0.1, -0.05) is 12.5 Å². The summed E-state index contributed by atoms with van der Waals surface area (Å²) in [5.41, 5.74) is 0.666. The van der Waals surface area contributed by atoms with Crippen molar-refractivity contribution in [2.75, 3.05) is 26.0 Å². The molecule has 2 rings (SSSR count). The maximum atomic E-state index is 11.9. The number of hydrogen-bond acceptors (Lipinski definition) is 3. The van der Waals surface area contributed by atoms with Gasteiger partial charge in [0.25, 0.3) is 0 Å². The summed E-state index contributed by atoms with van der Waals surface area (Å²) in [6, 6.07) is 7.14. The van der Waals surface area contributed by atoms with Gasteiger partial charge in [0.15, 0.2) is 0 Å². The van der Waals surface area contributed by atoms with Gasteiger partial charge in [0.1, 0.15) is 5.75 Å². The molecular formula is C15H20N2O3. The Hall–Kier alpha value is -2.04. The summed E-state index contributed by atoms with van der Waals surface area (Å²) in [6.07, 6.45) is 3.00. The molecule has 2 amide bonds. The summed E-state index contributed by atoms with van der Waals surface area (Å²) in [4.78, 5) is 25.3. The second-order valence-corrected chi connectivity index (χ2v) is 5.10. The van der Waals surface area contributed by atoms with E-state index in [1.165, 1.54) is 4.90 Å². The number of carbonyl (C=O) groups excluding carboxylic acids is 2. The fourth-order valence-electron chi connectivity index (χ4n) is 2.16. The maximum Gasteiger partial charge on any atom is 0.243 e. The fraction of sp³-hybridized carbons (Fsp3) is 0.467. The number of anilines is 1. The number of methoxy groups -OCH3 is 1.